The van der Waals surface area contributed by atoms with Gasteiger partial charge in [-0.2, -0.15) is 5.10 Å². The van der Waals surface area contributed by atoms with Gasteiger partial charge in [-0.15, -0.1) is 0 Å². The molecule has 0 spiro atoms. The van der Waals surface area contributed by atoms with Gasteiger partial charge < -0.3 is 9.47 Å². The van der Waals surface area contributed by atoms with Crippen molar-refractivity contribution < 1.29 is 18.3 Å². The van der Waals surface area contributed by atoms with Gasteiger partial charge in [-0.05, 0) is 30.7 Å². The van der Waals surface area contributed by atoms with Gasteiger partial charge in [-0.25, -0.2) is 8.78 Å². The second kappa shape index (κ2) is 9.58. The Bertz CT molecular complexity index is 1040. The van der Waals surface area contributed by atoms with Crippen LogP contribution in [0, 0.1) is 18.6 Å². The molecule has 5 nitrogen and oxygen atoms in total. The number of hydrogen-bond donors (Lipinski definition) is 0. The Labute approximate surface area is 181 Å². The minimum Gasteiger partial charge on any atom is -0.493 e. The normalized spacial score (nSPS) is 17.1. The van der Waals surface area contributed by atoms with Crippen LogP contribution in [-0.4, -0.2) is 41.0 Å². The van der Waals surface area contributed by atoms with Crippen LogP contribution in [0.3, 0.4) is 0 Å². The van der Waals surface area contributed by atoms with Crippen LogP contribution in [0.25, 0.3) is 0 Å². The van der Waals surface area contributed by atoms with Gasteiger partial charge in [0.15, 0.2) is 11.6 Å². The third kappa shape index (κ3) is 5.48. The number of benzene rings is 2. The molecule has 1 aliphatic rings. The zero-order chi connectivity index (χ0) is 21.8. The summed E-state index contributed by atoms with van der Waals surface area (Å²) in [5.41, 5.74) is 4.47. The first kappa shape index (κ1) is 21.5. The van der Waals surface area contributed by atoms with Gasteiger partial charge in [0.05, 0.1) is 18.9 Å². The summed E-state index contributed by atoms with van der Waals surface area (Å²) >= 11 is 0. The smallest absolute Gasteiger partial charge is 0.162 e. The summed E-state index contributed by atoms with van der Waals surface area (Å²) in [6.45, 7) is 5.69. The highest BCUT2D eigenvalue weighted by Crippen LogP contribution is 2.24. The van der Waals surface area contributed by atoms with Crippen molar-refractivity contribution in [2.45, 2.75) is 26.0 Å². The first-order chi connectivity index (χ1) is 15.0. The largest absolute Gasteiger partial charge is 0.493 e. The molecule has 164 valence electrons. The van der Waals surface area contributed by atoms with Gasteiger partial charge in [-0.1, -0.05) is 29.8 Å². The Morgan fingerprint density at radius 2 is 2.00 bits per heavy atom. The number of hydrogen-bond acceptors (Lipinski definition) is 4. The standard InChI is InChI=1S/C24H27F2N3O2/c1-17-4-3-5-18(12-17)15-29-9-11-31-24(16-29)23-13-19(28(2)27-23)8-10-30-20-6-7-21(25)22(26)14-20/h3-7,12-14,24H,8-11,15-16H2,1-2H3. The number of ether oxygens (including phenoxy) is 2. The highest BCUT2D eigenvalue weighted by atomic mass is 19.2. The van der Waals surface area contributed by atoms with E-state index in [9.17, 15) is 8.78 Å². The minimum atomic E-state index is -0.912. The van der Waals surface area contributed by atoms with Crippen LogP contribution in [0.4, 0.5) is 8.78 Å². The fourth-order valence-electron chi connectivity index (χ4n) is 3.86. The zero-order valence-corrected chi connectivity index (χ0v) is 17.9. The van der Waals surface area contributed by atoms with E-state index in [1.807, 2.05) is 17.8 Å². The number of halogens is 2. The second-order valence-corrected chi connectivity index (χ2v) is 7.94. The van der Waals surface area contributed by atoms with E-state index < -0.39 is 11.6 Å². The molecule has 3 aromatic rings. The van der Waals surface area contributed by atoms with Crippen molar-refractivity contribution in [2.75, 3.05) is 26.3 Å². The lowest BCUT2D eigenvalue weighted by atomic mass is 10.1. The molecule has 1 unspecified atom stereocenters. The lowest BCUT2D eigenvalue weighted by molar-refractivity contribution is -0.0352. The van der Waals surface area contributed by atoms with Gasteiger partial charge in [0.25, 0.3) is 0 Å². The summed E-state index contributed by atoms with van der Waals surface area (Å²) in [4.78, 5) is 2.39. The van der Waals surface area contributed by atoms with Gasteiger partial charge in [0.1, 0.15) is 11.9 Å². The monoisotopic (exact) mass is 427 g/mol. The lowest BCUT2D eigenvalue weighted by Gasteiger charge is -2.32. The van der Waals surface area contributed by atoms with E-state index in [1.54, 1.807) is 0 Å². The van der Waals surface area contributed by atoms with Crippen molar-refractivity contribution in [1.82, 2.24) is 14.7 Å². The summed E-state index contributed by atoms with van der Waals surface area (Å²) in [6.07, 6.45) is 0.521. The van der Waals surface area contributed by atoms with Crippen LogP contribution in [-0.2, 0) is 24.8 Å². The van der Waals surface area contributed by atoms with Gasteiger partial charge in [0, 0.05) is 44.9 Å². The quantitative estimate of drug-likeness (QED) is 0.567. The fraction of sp³-hybridized carbons (Fsp3) is 0.375. The SMILES string of the molecule is Cc1cccc(CN2CCOC(c3cc(CCOc4ccc(F)c(F)c4)n(C)n3)C2)c1. The summed E-state index contributed by atoms with van der Waals surface area (Å²) < 4.78 is 39.7. The molecule has 0 N–H and O–H groups in total. The van der Waals surface area contributed by atoms with E-state index in [0.717, 1.165) is 43.2 Å². The molecule has 0 amide bonds. The Hall–Kier alpha value is -2.77. The summed E-state index contributed by atoms with van der Waals surface area (Å²) in [7, 11) is 1.89. The van der Waals surface area contributed by atoms with E-state index >= 15 is 0 Å². The molecule has 1 aromatic heterocycles. The van der Waals surface area contributed by atoms with Crippen LogP contribution in [0.5, 0.6) is 5.75 Å². The lowest BCUT2D eigenvalue weighted by Crippen LogP contribution is -2.38. The van der Waals surface area contributed by atoms with Crippen LogP contribution in [0.15, 0.2) is 48.5 Å². The Morgan fingerprint density at radius 1 is 1.13 bits per heavy atom. The molecule has 2 aromatic carbocycles. The highest BCUT2D eigenvalue weighted by molar-refractivity contribution is 5.24. The molecule has 0 bridgehead atoms. The molecule has 0 radical (unpaired) electrons. The average molecular weight is 427 g/mol. The molecular weight excluding hydrogens is 400 g/mol. The topological polar surface area (TPSA) is 39.5 Å². The Morgan fingerprint density at radius 3 is 2.81 bits per heavy atom. The van der Waals surface area contributed by atoms with Crippen LogP contribution >= 0.6 is 0 Å². The molecule has 4 rings (SSSR count). The van der Waals surface area contributed by atoms with Crippen LogP contribution < -0.4 is 4.74 Å². The molecule has 2 heterocycles. The molecule has 7 heteroatoms. The second-order valence-electron chi connectivity index (χ2n) is 7.94. The van der Waals surface area contributed by atoms with Gasteiger partial charge >= 0.3 is 0 Å². The van der Waals surface area contributed by atoms with E-state index in [4.69, 9.17) is 9.47 Å². The van der Waals surface area contributed by atoms with Crippen LogP contribution in [0.1, 0.15) is 28.6 Å². The van der Waals surface area contributed by atoms with Crippen LogP contribution in [0.2, 0.25) is 0 Å². The minimum absolute atomic E-state index is 0.0781. The van der Waals surface area contributed by atoms with E-state index in [0.29, 0.717) is 25.4 Å². The number of nitrogens with zero attached hydrogens (tertiary/aromatic N) is 3. The summed E-state index contributed by atoms with van der Waals surface area (Å²) in [5.74, 6) is -1.48. The molecule has 1 fully saturated rings. The molecule has 0 saturated carbocycles. The predicted molar refractivity (Wildman–Crippen MR) is 114 cm³/mol. The van der Waals surface area contributed by atoms with Crippen molar-refractivity contribution in [3.8, 4) is 5.75 Å². The average Bonchev–Trinajstić information content (AvgIpc) is 3.12. The van der Waals surface area contributed by atoms with E-state index in [2.05, 4.69) is 41.2 Å². The summed E-state index contributed by atoms with van der Waals surface area (Å²) in [6, 6.07) is 14.2. The van der Waals surface area contributed by atoms with Gasteiger partial charge in [0.2, 0.25) is 0 Å². The van der Waals surface area contributed by atoms with Gasteiger partial charge in [-0.3, -0.25) is 9.58 Å². The maximum atomic E-state index is 13.3. The fourth-order valence-corrected chi connectivity index (χ4v) is 3.86. The molecule has 31 heavy (non-hydrogen) atoms. The maximum Gasteiger partial charge on any atom is 0.162 e. The molecule has 1 saturated heterocycles. The molecule has 1 atom stereocenters. The Kier molecular flexibility index (Phi) is 6.63. The highest BCUT2D eigenvalue weighted by Gasteiger charge is 2.25. The third-order valence-electron chi connectivity index (χ3n) is 5.48. The molecule has 1 aliphatic heterocycles. The number of morpholine rings is 1. The van der Waals surface area contributed by atoms with E-state index in [-0.39, 0.29) is 6.10 Å². The van der Waals surface area contributed by atoms with E-state index in [1.165, 1.54) is 17.2 Å². The molecular formula is C24H27F2N3O2. The maximum absolute atomic E-state index is 13.3. The first-order valence-corrected chi connectivity index (χ1v) is 10.5. The Balaban J connectivity index is 1.34. The van der Waals surface area contributed by atoms with Crippen molar-refractivity contribution in [3.05, 3.63) is 82.7 Å². The molecule has 0 aliphatic carbocycles. The zero-order valence-electron chi connectivity index (χ0n) is 17.9. The van der Waals surface area contributed by atoms with Crippen molar-refractivity contribution in [2.24, 2.45) is 7.05 Å². The summed E-state index contributed by atoms with van der Waals surface area (Å²) in [5, 5.41) is 4.64. The number of aromatic nitrogens is 2. The predicted octanol–water partition coefficient (Wildman–Crippen LogP) is 4.20. The first-order valence-electron chi connectivity index (χ1n) is 10.5. The van der Waals surface area contributed by atoms with Crippen molar-refractivity contribution in [1.29, 1.82) is 0 Å². The van der Waals surface area contributed by atoms with Crippen molar-refractivity contribution in [3.63, 3.8) is 0 Å². The third-order valence-corrected chi connectivity index (χ3v) is 5.48. The number of aryl methyl sites for hydroxylation is 2. The van der Waals surface area contributed by atoms with Crippen molar-refractivity contribution >= 4 is 0 Å². The number of rotatable bonds is 7.